The molecule has 5 heteroatoms. The van der Waals surface area contributed by atoms with Gasteiger partial charge in [0, 0.05) is 6.20 Å². The first-order valence-electron chi connectivity index (χ1n) is 4.72. The van der Waals surface area contributed by atoms with Crippen LogP contribution < -0.4 is 5.32 Å². The summed E-state index contributed by atoms with van der Waals surface area (Å²) < 4.78 is 0. The van der Waals surface area contributed by atoms with E-state index in [2.05, 4.69) is 21.7 Å². The number of hydrogen-bond donors (Lipinski definition) is 1. The molecule has 2 aromatic heterocycles. The van der Waals surface area contributed by atoms with Crippen molar-refractivity contribution in [2.24, 2.45) is 0 Å². The molecule has 2 heterocycles. The Kier molecular flexibility index (Phi) is 3.82. The molecule has 16 heavy (non-hydrogen) atoms. The first-order chi connectivity index (χ1) is 7.72. The summed E-state index contributed by atoms with van der Waals surface area (Å²) in [6.07, 6.45) is 1.61. The summed E-state index contributed by atoms with van der Waals surface area (Å²) in [5, 5.41) is 8.44. The number of thiophene rings is 1. The summed E-state index contributed by atoms with van der Waals surface area (Å²) in [7, 11) is 1.88. The predicted molar refractivity (Wildman–Crippen MR) is 69.5 cm³/mol. The lowest BCUT2D eigenvalue weighted by Crippen LogP contribution is -2.18. The van der Waals surface area contributed by atoms with Gasteiger partial charge in [-0.25, -0.2) is 0 Å². The van der Waals surface area contributed by atoms with Gasteiger partial charge in [0.15, 0.2) is 0 Å². The topological polar surface area (TPSA) is 24.9 Å². The lowest BCUT2D eigenvalue weighted by atomic mass is 10.1. The van der Waals surface area contributed by atoms with Crippen LogP contribution in [-0.4, -0.2) is 12.0 Å². The van der Waals surface area contributed by atoms with Gasteiger partial charge in [-0.05, 0) is 35.5 Å². The number of rotatable bonds is 3. The van der Waals surface area contributed by atoms with E-state index in [9.17, 15) is 0 Å². The third-order valence-corrected chi connectivity index (χ3v) is 3.49. The van der Waals surface area contributed by atoms with E-state index >= 15 is 0 Å². The van der Waals surface area contributed by atoms with Crippen LogP contribution in [0.4, 0.5) is 0 Å². The van der Waals surface area contributed by atoms with Crippen LogP contribution in [0.5, 0.6) is 0 Å². The molecule has 0 spiro atoms. The van der Waals surface area contributed by atoms with Gasteiger partial charge in [0.25, 0.3) is 0 Å². The summed E-state index contributed by atoms with van der Waals surface area (Å²) in [4.78, 5) is 4.28. The van der Waals surface area contributed by atoms with E-state index in [-0.39, 0.29) is 6.04 Å². The molecule has 1 unspecified atom stereocenters. The van der Waals surface area contributed by atoms with Gasteiger partial charge >= 0.3 is 0 Å². The molecule has 0 saturated carbocycles. The highest BCUT2D eigenvalue weighted by molar-refractivity contribution is 7.08. The first kappa shape index (κ1) is 11.9. The van der Waals surface area contributed by atoms with Crippen LogP contribution in [0.1, 0.15) is 17.3 Å². The van der Waals surface area contributed by atoms with E-state index in [1.807, 2.05) is 12.4 Å². The Morgan fingerprint density at radius 3 is 2.81 bits per heavy atom. The molecule has 1 atom stereocenters. The summed E-state index contributed by atoms with van der Waals surface area (Å²) >= 11 is 13.6. The highest BCUT2D eigenvalue weighted by Crippen LogP contribution is 2.29. The van der Waals surface area contributed by atoms with Crippen LogP contribution in [-0.2, 0) is 0 Å². The Bertz CT molecular complexity index is 471. The zero-order valence-corrected chi connectivity index (χ0v) is 10.9. The monoisotopic (exact) mass is 272 g/mol. The third-order valence-electron chi connectivity index (χ3n) is 2.27. The molecule has 2 aromatic rings. The average Bonchev–Trinajstić information content (AvgIpc) is 2.75. The number of aromatic nitrogens is 1. The molecular weight excluding hydrogens is 263 g/mol. The largest absolute Gasteiger partial charge is 0.308 e. The summed E-state index contributed by atoms with van der Waals surface area (Å²) in [5.74, 6) is 0. The molecule has 0 radical (unpaired) electrons. The number of nitrogens with one attached hydrogen (secondary N) is 1. The van der Waals surface area contributed by atoms with Gasteiger partial charge in [0.1, 0.15) is 0 Å². The Labute approximate surface area is 108 Å². The van der Waals surface area contributed by atoms with Crippen LogP contribution in [0.3, 0.4) is 0 Å². The van der Waals surface area contributed by atoms with E-state index in [4.69, 9.17) is 23.2 Å². The van der Waals surface area contributed by atoms with Gasteiger partial charge in [0.05, 0.1) is 21.8 Å². The summed E-state index contributed by atoms with van der Waals surface area (Å²) in [5.41, 5.74) is 1.95. The smallest absolute Gasteiger partial charge is 0.0805 e. The normalized spacial score (nSPS) is 12.7. The van der Waals surface area contributed by atoms with E-state index in [0.717, 1.165) is 11.3 Å². The highest BCUT2D eigenvalue weighted by Gasteiger charge is 2.17. The van der Waals surface area contributed by atoms with Gasteiger partial charge in [-0.1, -0.05) is 23.2 Å². The SMILES string of the molecule is CNC(c1ccsc1)c1ncc(Cl)cc1Cl. The fourth-order valence-corrected chi connectivity index (χ4v) is 2.71. The summed E-state index contributed by atoms with van der Waals surface area (Å²) in [6.45, 7) is 0. The number of nitrogens with zero attached hydrogens (tertiary/aromatic N) is 1. The molecule has 84 valence electrons. The van der Waals surface area contributed by atoms with E-state index < -0.39 is 0 Å². The van der Waals surface area contributed by atoms with Crippen molar-refractivity contribution in [1.82, 2.24) is 10.3 Å². The summed E-state index contributed by atoms with van der Waals surface area (Å²) in [6, 6.07) is 3.77. The second-order valence-electron chi connectivity index (χ2n) is 3.30. The van der Waals surface area contributed by atoms with Crippen molar-refractivity contribution in [2.45, 2.75) is 6.04 Å². The fraction of sp³-hybridized carbons (Fsp3) is 0.182. The van der Waals surface area contributed by atoms with Crippen LogP contribution in [0.15, 0.2) is 29.1 Å². The van der Waals surface area contributed by atoms with Gasteiger partial charge in [-0.3, -0.25) is 4.98 Å². The zero-order chi connectivity index (χ0) is 11.5. The van der Waals surface area contributed by atoms with E-state index in [1.165, 1.54) is 0 Å². The standard InChI is InChI=1S/C11H10Cl2N2S/c1-14-10(7-2-3-16-6-7)11-9(13)4-8(12)5-15-11/h2-6,10,14H,1H3. The molecule has 0 bridgehead atoms. The van der Waals surface area contributed by atoms with Crippen molar-refractivity contribution in [3.63, 3.8) is 0 Å². The molecule has 0 aliphatic carbocycles. The highest BCUT2D eigenvalue weighted by atomic mass is 35.5. The second-order valence-corrected chi connectivity index (χ2v) is 4.92. The molecule has 0 aliphatic rings. The molecule has 0 saturated heterocycles. The van der Waals surface area contributed by atoms with E-state index in [0.29, 0.717) is 10.0 Å². The van der Waals surface area contributed by atoms with Crippen LogP contribution >= 0.6 is 34.5 Å². The zero-order valence-electron chi connectivity index (χ0n) is 8.58. The average molecular weight is 273 g/mol. The van der Waals surface area contributed by atoms with Gasteiger partial charge < -0.3 is 5.32 Å². The third kappa shape index (κ3) is 2.38. The van der Waals surface area contributed by atoms with Crippen LogP contribution in [0, 0.1) is 0 Å². The molecule has 1 N–H and O–H groups in total. The molecule has 0 amide bonds. The molecule has 0 aromatic carbocycles. The minimum absolute atomic E-state index is 0.0102. The van der Waals surface area contributed by atoms with Crippen molar-refractivity contribution < 1.29 is 0 Å². The molecule has 2 rings (SSSR count). The Hall–Kier alpha value is -0.610. The number of halogens is 2. The first-order valence-corrected chi connectivity index (χ1v) is 6.42. The second kappa shape index (κ2) is 5.15. The van der Waals surface area contributed by atoms with Crippen molar-refractivity contribution in [3.8, 4) is 0 Å². The van der Waals surface area contributed by atoms with Crippen LogP contribution in [0.25, 0.3) is 0 Å². The van der Waals surface area contributed by atoms with Gasteiger partial charge in [-0.15, -0.1) is 0 Å². The lowest BCUT2D eigenvalue weighted by Gasteiger charge is -2.15. The minimum atomic E-state index is 0.0102. The maximum Gasteiger partial charge on any atom is 0.0805 e. The fourth-order valence-electron chi connectivity index (χ4n) is 1.54. The van der Waals surface area contributed by atoms with Gasteiger partial charge in [0.2, 0.25) is 0 Å². The number of pyridine rings is 1. The molecule has 2 nitrogen and oxygen atoms in total. The molecule has 0 fully saturated rings. The van der Waals surface area contributed by atoms with Crippen molar-refractivity contribution >= 4 is 34.5 Å². The molecule has 0 aliphatic heterocycles. The lowest BCUT2D eigenvalue weighted by molar-refractivity contribution is 0.673. The van der Waals surface area contributed by atoms with E-state index in [1.54, 1.807) is 23.6 Å². The Balaban J connectivity index is 2.41. The quantitative estimate of drug-likeness (QED) is 0.921. The maximum atomic E-state index is 6.14. The van der Waals surface area contributed by atoms with Crippen LogP contribution in [0.2, 0.25) is 10.0 Å². The number of hydrogen-bond acceptors (Lipinski definition) is 3. The Morgan fingerprint density at radius 2 is 2.25 bits per heavy atom. The minimum Gasteiger partial charge on any atom is -0.308 e. The van der Waals surface area contributed by atoms with Gasteiger partial charge in [-0.2, -0.15) is 11.3 Å². The molecular formula is C11H10Cl2N2S. The van der Waals surface area contributed by atoms with Crippen molar-refractivity contribution in [3.05, 3.63) is 50.4 Å². The maximum absolute atomic E-state index is 6.14. The van der Waals surface area contributed by atoms with Crippen molar-refractivity contribution in [1.29, 1.82) is 0 Å². The predicted octanol–water partition coefficient (Wildman–Crippen LogP) is 3.76. The Morgan fingerprint density at radius 1 is 1.44 bits per heavy atom. The van der Waals surface area contributed by atoms with Crippen molar-refractivity contribution in [2.75, 3.05) is 7.05 Å².